The average Bonchev–Trinajstić information content (AvgIpc) is 2.30. The summed E-state index contributed by atoms with van der Waals surface area (Å²) in [7, 11) is 1.63. The third-order valence-electron chi connectivity index (χ3n) is 2.76. The van der Waals surface area contributed by atoms with Crippen LogP contribution in [0, 0.1) is 0 Å². The van der Waals surface area contributed by atoms with Crippen LogP contribution in [0.4, 0.5) is 0 Å². The van der Waals surface area contributed by atoms with Crippen LogP contribution in [0.1, 0.15) is 26.2 Å². The molecule has 2 N–H and O–H groups in total. The molecule has 0 aliphatic carbocycles. The van der Waals surface area contributed by atoms with Gasteiger partial charge in [0.1, 0.15) is 0 Å². The Bertz CT molecular complexity index is 218. The lowest BCUT2D eigenvalue weighted by Crippen LogP contribution is -2.43. The Balaban J connectivity index is 2.03. The normalized spacial score (nSPS) is 22.1. The van der Waals surface area contributed by atoms with E-state index in [4.69, 9.17) is 9.47 Å². The van der Waals surface area contributed by atoms with Gasteiger partial charge in [-0.2, -0.15) is 0 Å². The summed E-state index contributed by atoms with van der Waals surface area (Å²) in [5, 5.41) is 5.98. The highest BCUT2D eigenvalue weighted by molar-refractivity contribution is 5.78. The summed E-state index contributed by atoms with van der Waals surface area (Å²) in [5.41, 5.74) is 0. The zero-order valence-electron chi connectivity index (χ0n) is 10.8. The van der Waals surface area contributed by atoms with Crippen molar-refractivity contribution in [3.05, 3.63) is 0 Å². The molecular formula is C12H24N2O3. The summed E-state index contributed by atoms with van der Waals surface area (Å²) in [4.78, 5) is 11.5. The number of rotatable bonds is 7. The topological polar surface area (TPSA) is 59.6 Å². The molecule has 2 atom stereocenters. The second-order valence-corrected chi connectivity index (χ2v) is 4.54. The summed E-state index contributed by atoms with van der Waals surface area (Å²) >= 11 is 0. The lowest BCUT2D eigenvalue weighted by atomic mass is 10.1. The summed E-state index contributed by atoms with van der Waals surface area (Å²) < 4.78 is 10.5. The summed E-state index contributed by atoms with van der Waals surface area (Å²) in [5.74, 6) is 0.00496. The van der Waals surface area contributed by atoms with E-state index in [-0.39, 0.29) is 18.1 Å². The van der Waals surface area contributed by atoms with Gasteiger partial charge in [-0.1, -0.05) is 0 Å². The van der Waals surface area contributed by atoms with Gasteiger partial charge < -0.3 is 20.1 Å². The second-order valence-electron chi connectivity index (χ2n) is 4.54. The highest BCUT2D eigenvalue weighted by Gasteiger charge is 2.14. The number of hydrogen-bond donors (Lipinski definition) is 2. The molecule has 0 aromatic heterocycles. The first-order valence-corrected chi connectivity index (χ1v) is 6.33. The number of carbonyl (C=O) groups is 1. The van der Waals surface area contributed by atoms with Gasteiger partial charge in [0.25, 0.3) is 0 Å². The smallest absolute Gasteiger partial charge is 0.234 e. The molecule has 100 valence electrons. The van der Waals surface area contributed by atoms with Crippen molar-refractivity contribution in [1.29, 1.82) is 0 Å². The molecule has 0 aromatic rings. The van der Waals surface area contributed by atoms with Crippen LogP contribution in [0.5, 0.6) is 0 Å². The molecule has 0 saturated carbocycles. The van der Waals surface area contributed by atoms with Gasteiger partial charge in [0.2, 0.25) is 5.91 Å². The Labute approximate surface area is 103 Å². The fourth-order valence-corrected chi connectivity index (χ4v) is 1.93. The van der Waals surface area contributed by atoms with E-state index in [1.807, 2.05) is 6.92 Å². The molecule has 1 rings (SSSR count). The molecule has 17 heavy (non-hydrogen) atoms. The largest absolute Gasteiger partial charge is 0.383 e. The average molecular weight is 244 g/mol. The van der Waals surface area contributed by atoms with Gasteiger partial charge in [-0.3, -0.25) is 4.79 Å². The molecule has 0 spiro atoms. The van der Waals surface area contributed by atoms with Crippen LogP contribution in [0.2, 0.25) is 0 Å². The van der Waals surface area contributed by atoms with Crippen molar-refractivity contribution in [2.24, 2.45) is 0 Å². The highest BCUT2D eigenvalue weighted by atomic mass is 16.5. The van der Waals surface area contributed by atoms with E-state index in [0.29, 0.717) is 13.2 Å². The monoisotopic (exact) mass is 244 g/mol. The molecule has 1 aliphatic heterocycles. The number of amides is 1. The molecule has 1 heterocycles. The third-order valence-corrected chi connectivity index (χ3v) is 2.76. The van der Waals surface area contributed by atoms with Gasteiger partial charge in [0, 0.05) is 26.3 Å². The Morgan fingerprint density at radius 2 is 2.35 bits per heavy atom. The number of carbonyl (C=O) groups excluding carboxylic acids is 1. The van der Waals surface area contributed by atoms with Gasteiger partial charge in [-0.05, 0) is 26.2 Å². The fourth-order valence-electron chi connectivity index (χ4n) is 1.93. The Hall–Kier alpha value is -0.650. The minimum absolute atomic E-state index is 0.00496. The molecule has 1 aliphatic rings. The molecule has 0 bridgehead atoms. The molecule has 5 nitrogen and oxygen atoms in total. The molecule has 0 aromatic carbocycles. The van der Waals surface area contributed by atoms with Crippen LogP contribution in [0.3, 0.4) is 0 Å². The zero-order chi connectivity index (χ0) is 12.5. The van der Waals surface area contributed by atoms with Crippen molar-refractivity contribution in [3.8, 4) is 0 Å². The Morgan fingerprint density at radius 3 is 3.00 bits per heavy atom. The van der Waals surface area contributed by atoms with Crippen LogP contribution < -0.4 is 10.6 Å². The Morgan fingerprint density at radius 1 is 1.53 bits per heavy atom. The maximum atomic E-state index is 11.5. The number of nitrogens with one attached hydrogen (secondary N) is 2. The van der Waals surface area contributed by atoms with Gasteiger partial charge in [-0.25, -0.2) is 0 Å². The predicted octanol–water partition coefficient (Wildman–Crippen LogP) is 0.296. The predicted molar refractivity (Wildman–Crippen MR) is 65.9 cm³/mol. The summed E-state index contributed by atoms with van der Waals surface area (Å²) in [6.45, 7) is 4.41. The van der Waals surface area contributed by atoms with Crippen molar-refractivity contribution in [3.63, 3.8) is 0 Å². The van der Waals surface area contributed by atoms with Crippen LogP contribution in [-0.4, -0.2) is 51.5 Å². The number of methoxy groups -OCH3 is 1. The fraction of sp³-hybridized carbons (Fsp3) is 0.917. The molecule has 1 saturated heterocycles. The lowest BCUT2D eigenvalue weighted by Gasteiger charge is -2.22. The number of ether oxygens (including phenoxy) is 2. The lowest BCUT2D eigenvalue weighted by molar-refractivity contribution is -0.121. The van der Waals surface area contributed by atoms with Crippen molar-refractivity contribution in [2.75, 3.05) is 33.4 Å². The minimum atomic E-state index is 0.00496. The first-order chi connectivity index (χ1) is 8.22. The van der Waals surface area contributed by atoms with E-state index in [9.17, 15) is 4.79 Å². The second kappa shape index (κ2) is 8.44. The first kappa shape index (κ1) is 14.4. The maximum Gasteiger partial charge on any atom is 0.234 e. The van der Waals surface area contributed by atoms with Crippen LogP contribution in [0.15, 0.2) is 0 Å². The summed E-state index contributed by atoms with van der Waals surface area (Å²) in [6.07, 6.45) is 3.75. The van der Waals surface area contributed by atoms with Crippen molar-refractivity contribution < 1.29 is 14.3 Å². The van der Waals surface area contributed by atoms with Gasteiger partial charge in [0.05, 0.1) is 19.3 Å². The summed E-state index contributed by atoms with van der Waals surface area (Å²) in [6, 6.07) is 0.0558. The molecule has 2 unspecified atom stereocenters. The highest BCUT2D eigenvalue weighted by Crippen LogP contribution is 2.11. The van der Waals surface area contributed by atoms with E-state index in [1.165, 1.54) is 6.42 Å². The van der Waals surface area contributed by atoms with Crippen molar-refractivity contribution in [1.82, 2.24) is 10.6 Å². The van der Waals surface area contributed by atoms with E-state index < -0.39 is 0 Å². The van der Waals surface area contributed by atoms with E-state index in [2.05, 4.69) is 10.6 Å². The SMILES string of the molecule is COCC(C)NC(=O)CNCC1CCCCO1. The van der Waals surface area contributed by atoms with Gasteiger partial charge >= 0.3 is 0 Å². The standard InChI is InChI=1S/C12H24N2O3/c1-10(9-16-2)14-12(15)8-13-7-11-5-3-4-6-17-11/h10-11,13H,3-9H2,1-2H3,(H,14,15). The first-order valence-electron chi connectivity index (χ1n) is 6.33. The molecular weight excluding hydrogens is 220 g/mol. The van der Waals surface area contributed by atoms with Crippen molar-refractivity contribution in [2.45, 2.75) is 38.3 Å². The zero-order valence-corrected chi connectivity index (χ0v) is 10.8. The van der Waals surface area contributed by atoms with Gasteiger partial charge in [-0.15, -0.1) is 0 Å². The van der Waals surface area contributed by atoms with E-state index in [0.717, 1.165) is 26.0 Å². The quantitative estimate of drug-likeness (QED) is 0.676. The Kier molecular flexibility index (Phi) is 7.16. The van der Waals surface area contributed by atoms with E-state index >= 15 is 0 Å². The molecule has 0 radical (unpaired) electrons. The van der Waals surface area contributed by atoms with Crippen molar-refractivity contribution >= 4 is 5.91 Å². The molecule has 1 fully saturated rings. The van der Waals surface area contributed by atoms with E-state index in [1.54, 1.807) is 7.11 Å². The third kappa shape index (κ3) is 6.61. The maximum absolute atomic E-state index is 11.5. The van der Waals surface area contributed by atoms with Gasteiger partial charge in [0.15, 0.2) is 0 Å². The van der Waals surface area contributed by atoms with Crippen LogP contribution >= 0.6 is 0 Å². The minimum Gasteiger partial charge on any atom is -0.383 e. The molecule has 1 amide bonds. The van der Waals surface area contributed by atoms with Crippen LogP contribution in [0.25, 0.3) is 0 Å². The molecule has 5 heteroatoms. The van der Waals surface area contributed by atoms with Crippen LogP contribution in [-0.2, 0) is 14.3 Å². The number of hydrogen-bond acceptors (Lipinski definition) is 4.